The lowest BCUT2D eigenvalue weighted by atomic mass is 10.1. The summed E-state index contributed by atoms with van der Waals surface area (Å²) < 4.78 is 10.8. The van der Waals surface area contributed by atoms with Gasteiger partial charge in [0.25, 0.3) is 5.91 Å². The molecule has 1 amide bonds. The summed E-state index contributed by atoms with van der Waals surface area (Å²) in [4.78, 5) is 11.2. The normalized spacial score (nSPS) is 22.7. The van der Waals surface area contributed by atoms with Crippen molar-refractivity contribution in [1.29, 1.82) is 0 Å². The number of rotatable bonds is 2. The molecular weight excluding hydrogens is 232 g/mol. The van der Waals surface area contributed by atoms with E-state index in [1.807, 2.05) is 18.2 Å². The molecule has 5 nitrogen and oxygen atoms in total. The number of nitrogens with one attached hydrogen (secondary N) is 2. The smallest absolute Gasteiger partial charge is 0.262 e. The van der Waals surface area contributed by atoms with Crippen molar-refractivity contribution < 1.29 is 14.3 Å². The zero-order valence-electron chi connectivity index (χ0n) is 10.1. The van der Waals surface area contributed by atoms with Gasteiger partial charge in [-0.05, 0) is 25.0 Å². The van der Waals surface area contributed by atoms with Crippen LogP contribution >= 0.6 is 0 Å². The Bertz CT molecular complexity index is 456. The number of carbonyl (C=O) groups excluding carboxylic acids is 1. The fourth-order valence-corrected chi connectivity index (χ4v) is 2.25. The van der Waals surface area contributed by atoms with Crippen LogP contribution < -0.4 is 15.4 Å². The summed E-state index contributed by atoms with van der Waals surface area (Å²) in [5.41, 5.74) is 1.73. The van der Waals surface area contributed by atoms with Crippen molar-refractivity contribution in [3.8, 4) is 5.75 Å². The number of anilines is 2. The predicted octanol–water partition coefficient (Wildman–Crippen LogP) is 1.61. The Balaban J connectivity index is 1.71. The average Bonchev–Trinajstić information content (AvgIpc) is 2.40. The van der Waals surface area contributed by atoms with Crippen LogP contribution in [0.3, 0.4) is 0 Å². The molecule has 0 unspecified atom stereocenters. The SMILES string of the molecule is O=C1COc2cc(N[C@H]3CCCOC3)ccc2N1. The van der Waals surface area contributed by atoms with Crippen molar-refractivity contribution in [2.24, 2.45) is 0 Å². The molecule has 0 saturated carbocycles. The molecule has 0 radical (unpaired) electrons. The molecule has 5 heteroatoms. The van der Waals surface area contributed by atoms with Crippen molar-refractivity contribution in [1.82, 2.24) is 0 Å². The second-order valence-corrected chi connectivity index (χ2v) is 4.61. The summed E-state index contributed by atoms with van der Waals surface area (Å²) in [5.74, 6) is 0.611. The summed E-state index contributed by atoms with van der Waals surface area (Å²) in [6.07, 6.45) is 2.21. The standard InChI is InChI=1S/C13H16N2O3/c16-13-8-18-12-6-9(3-4-11(12)15-13)14-10-2-1-5-17-7-10/h3-4,6,10,14H,1-2,5,7-8H2,(H,15,16)/t10-/m0/s1. The third kappa shape index (κ3) is 2.41. The van der Waals surface area contributed by atoms with Gasteiger partial charge < -0.3 is 20.1 Å². The number of hydrogen-bond donors (Lipinski definition) is 2. The van der Waals surface area contributed by atoms with Crippen LogP contribution in [-0.2, 0) is 9.53 Å². The molecule has 2 aliphatic rings. The molecule has 2 N–H and O–H groups in total. The lowest BCUT2D eigenvalue weighted by molar-refractivity contribution is -0.118. The summed E-state index contributed by atoms with van der Waals surface area (Å²) in [6.45, 7) is 1.69. The zero-order valence-corrected chi connectivity index (χ0v) is 10.1. The minimum Gasteiger partial charge on any atom is -0.482 e. The Hall–Kier alpha value is -1.75. The first kappa shape index (κ1) is 11.3. The molecule has 0 aliphatic carbocycles. The van der Waals surface area contributed by atoms with Gasteiger partial charge in [-0.25, -0.2) is 0 Å². The van der Waals surface area contributed by atoms with Crippen molar-refractivity contribution in [2.45, 2.75) is 18.9 Å². The molecule has 96 valence electrons. The third-order valence-electron chi connectivity index (χ3n) is 3.15. The van der Waals surface area contributed by atoms with E-state index in [1.165, 1.54) is 0 Å². The molecule has 1 atom stereocenters. The number of amides is 1. The van der Waals surface area contributed by atoms with Crippen LogP contribution in [0.2, 0.25) is 0 Å². The first-order chi connectivity index (χ1) is 8.81. The molecule has 0 spiro atoms. The van der Waals surface area contributed by atoms with Crippen LogP contribution in [0.15, 0.2) is 18.2 Å². The van der Waals surface area contributed by atoms with E-state index >= 15 is 0 Å². The topological polar surface area (TPSA) is 59.6 Å². The molecule has 3 rings (SSSR count). The highest BCUT2D eigenvalue weighted by Gasteiger charge is 2.18. The van der Waals surface area contributed by atoms with E-state index in [0.717, 1.165) is 43.2 Å². The van der Waals surface area contributed by atoms with Crippen LogP contribution in [-0.4, -0.2) is 31.8 Å². The summed E-state index contributed by atoms with van der Waals surface area (Å²) in [6, 6.07) is 6.08. The number of fused-ring (bicyclic) bond motifs is 1. The Morgan fingerprint density at radius 1 is 1.39 bits per heavy atom. The van der Waals surface area contributed by atoms with E-state index in [1.54, 1.807) is 0 Å². The van der Waals surface area contributed by atoms with Gasteiger partial charge in [-0.2, -0.15) is 0 Å². The number of ether oxygens (including phenoxy) is 2. The Morgan fingerprint density at radius 2 is 2.33 bits per heavy atom. The molecule has 2 heterocycles. The van der Waals surface area contributed by atoms with Gasteiger partial charge in [0.1, 0.15) is 5.75 Å². The largest absolute Gasteiger partial charge is 0.482 e. The third-order valence-corrected chi connectivity index (χ3v) is 3.15. The molecule has 1 fully saturated rings. The Morgan fingerprint density at radius 3 is 3.17 bits per heavy atom. The van der Waals surface area contributed by atoms with E-state index in [9.17, 15) is 4.79 Å². The van der Waals surface area contributed by atoms with Crippen LogP contribution in [0, 0.1) is 0 Å². The maximum atomic E-state index is 11.2. The quantitative estimate of drug-likeness (QED) is 0.834. The molecule has 1 aromatic carbocycles. The second kappa shape index (κ2) is 4.86. The Kier molecular flexibility index (Phi) is 3.06. The highest BCUT2D eigenvalue weighted by molar-refractivity contribution is 5.95. The zero-order chi connectivity index (χ0) is 12.4. The van der Waals surface area contributed by atoms with Gasteiger partial charge in [-0.15, -0.1) is 0 Å². The van der Waals surface area contributed by atoms with E-state index in [0.29, 0.717) is 6.04 Å². The van der Waals surface area contributed by atoms with Gasteiger partial charge in [0.2, 0.25) is 0 Å². The second-order valence-electron chi connectivity index (χ2n) is 4.61. The van der Waals surface area contributed by atoms with E-state index in [4.69, 9.17) is 9.47 Å². The lowest BCUT2D eigenvalue weighted by Gasteiger charge is -2.25. The van der Waals surface area contributed by atoms with E-state index < -0.39 is 0 Å². The molecule has 0 aromatic heterocycles. The van der Waals surface area contributed by atoms with Crippen LogP contribution in [0.4, 0.5) is 11.4 Å². The minimum absolute atomic E-state index is 0.0863. The van der Waals surface area contributed by atoms with Crippen LogP contribution in [0.1, 0.15) is 12.8 Å². The van der Waals surface area contributed by atoms with Crippen molar-refractivity contribution in [3.63, 3.8) is 0 Å². The molecule has 1 saturated heterocycles. The molecule has 1 aromatic rings. The Labute approximate surface area is 105 Å². The van der Waals surface area contributed by atoms with E-state index in [-0.39, 0.29) is 12.5 Å². The van der Waals surface area contributed by atoms with Gasteiger partial charge in [0, 0.05) is 24.4 Å². The average molecular weight is 248 g/mol. The number of benzene rings is 1. The van der Waals surface area contributed by atoms with Crippen LogP contribution in [0.25, 0.3) is 0 Å². The van der Waals surface area contributed by atoms with Crippen molar-refractivity contribution in [2.75, 3.05) is 30.5 Å². The van der Waals surface area contributed by atoms with Crippen LogP contribution in [0.5, 0.6) is 5.75 Å². The van der Waals surface area contributed by atoms with Gasteiger partial charge in [0.05, 0.1) is 12.3 Å². The summed E-state index contributed by atoms with van der Waals surface area (Å²) in [5, 5.41) is 6.20. The fraction of sp³-hybridized carbons (Fsp3) is 0.462. The highest BCUT2D eigenvalue weighted by Crippen LogP contribution is 2.31. The van der Waals surface area contributed by atoms with Gasteiger partial charge in [-0.1, -0.05) is 0 Å². The highest BCUT2D eigenvalue weighted by atomic mass is 16.5. The minimum atomic E-state index is -0.108. The predicted molar refractivity (Wildman–Crippen MR) is 68.0 cm³/mol. The van der Waals surface area contributed by atoms with E-state index in [2.05, 4.69) is 10.6 Å². The lowest BCUT2D eigenvalue weighted by Crippen LogP contribution is -2.30. The molecule has 18 heavy (non-hydrogen) atoms. The maximum Gasteiger partial charge on any atom is 0.262 e. The van der Waals surface area contributed by atoms with Gasteiger partial charge in [0.15, 0.2) is 6.61 Å². The molecule has 2 aliphatic heterocycles. The van der Waals surface area contributed by atoms with Crippen molar-refractivity contribution >= 4 is 17.3 Å². The maximum absolute atomic E-state index is 11.2. The fourth-order valence-electron chi connectivity index (χ4n) is 2.25. The summed E-state index contributed by atoms with van der Waals surface area (Å²) >= 11 is 0. The first-order valence-electron chi connectivity index (χ1n) is 6.22. The molecule has 0 bridgehead atoms. The summed E-state index contributed by atoms with van der Waals surface area (Å²) in [7, 11) is 0. The number of hydrogen-bond acceptors (Lipinski definition) is 4. The number of carbonyl (C=O) groups is 1. The first-order valence-corrected chi connectivity index (χ1v) is 6.22. The monoisotopic (exact) mass is 248 g/mol. The van der Waals surface area contributed by atoms with Gasteiger partial charge in [-0.3, -0.25) is 4.79 Å². The van der Waals surface area contributed by atoms with Crippen molar-refractivity contribution in [3.05, 3.63) is 18.2 Å². The van der Waals surface area contributed by atoms with Gasteiger partial charge >= 0.3 is 0 Å². The molecular formula is C13H16N2O3.